The highest BCUT2D eigenvalue weighted by atomic mass is 16.1. The van der Waals surface area contributed by atoms with Crippen LogP contribution in [-0.2, 0) is 4.79 Å². The Labute approximate surface area is 116 Å². The van der Waals surface area contributed by atoms with Crippen LogP contribution in [-0.4, -0.2) is 33.4 Å². The van der Waals surface area contributed by atoms with Crippen LogP contribution in [0, 0.1) is 5.92 Å². The molecule has 0 radical (unpaired) electrons. The first-order chi connectivity index (χ1) is 9.63. The Morgan fingerprint density at radius 2 is 2.15 bits per heavy atom. The standard InChI is InChI=1S/C13H18N6O/c14-10-8-19-6-3-16-12(19)13(17-10)18-4-1-9(2-5-18)7-11(15)20/h3,6,8-9H,1-2,4-5,7,14H2,(H2,15,20). The minimum atomic E-state index is -0.221. The number of fused-ring (bicyclic) bond motifs is 1. The maximum absolute atomic E-state index is 11.0. The van der Waals surface area contributed by atoms with Gasteiger partial charge in [-0.15, -0.1) is 0 Å². The summed E-state index contributed by atoms with van der Waals surface area (Å²) in [6.45, 7) is 1.69. The number of aromatic nitrogens is 3. The Hall–Kier alpha value is -2.31. The Kier molecular flexibility index (Phi) is 3.17. The van der Waals surface area contributed by atoms with E-state index in [2.05, 4.69) is 14.9 Å². The van der Waals surface area contributed by atoms with Gasteiger partial charge in [-0.2, -0.15) is 0 Å². The van der Waals surface area contributed by atoms with Gasteiger partial charge in [0.25, 0.3) is 0 Å². The molecule has 20 heavy (non-hydrogen) atoms. The monoisotopic (exact) mass is 274 g/mol. The van der Waals surface area contributed by atoms with Gasteiger partial charge in [0.2, 0.25) is 5.91 Å². The van der Waals surface area contributed by atoms with E-state index in [1.165, 1.54) is 0 Å². The Balaban J connectivity index is 1.79. The fourth-order valence-electron chi connectivity index (χ4n) is 2.78. The summed E-state index contributed by atoms with van der Waals surface area (Å²) in [7, 11) is 0. The molecule has 0 aromatic carbocycles. The molecule has 0 unspecified atom stereocenters. The van der Waals surface area contributed by atoms with Gasteiger partial charge in [-0.1, -0.05) is 0 Å². The minimum Gasteiger partial charge on any atom is -0.382 e. The van der Waals surface area contributed by atoms with Crippen LogP contribution in [0.3, 0.4) is 0 Å². The fourth-order valence-corrected chi connectivity index (χ4v) is 2.78. The van der Waals surface area contributed by atoms with E-state index in [0.29, 0.717) is 18.2 Å². The summed E-state index contributed by atoms with van der Waals surface area (Å²) in [6.07, 6.45) is 7.69. The van der Waals surface area contributed by atoms with Crippen molar-refractivity contribution in [2.75, 3.05) is 23.7 Å². The zero-order chi connectivity index (χ0) is 14.1. The molecule has 1 saturated heterocycles. The maximum atomic E-state index is 11.0. The Bertz CT molecular complexity index is 629. The average Bonchev–Trinajstić information content (AvgIpc) is 2.86. The number of imidazole rings is 1. The van der Waals surface area contributed by atoms with E-state index < -0.39 is 0 Å². The van der Waals surface area contributed by atoms with Crippen molar-refractivity contribution in [2.24, 2.45) is 11.7 Å². The summed E-state index contributed by atoms with van der Waals surface area (Å²) < 4.78 is 1.88. The SMILES string of the molecule is NC(=O)CC1CCN(c2nc(N)cn3ccnc23)CC1. The lowest BCUT2D eigenvalue weighted by Gasteiger charge is -2.32. The number of nitrogens with two attached hydrogens (primary N) is 2. The molecule has 0 spiro atoms. The van der Waals surface area contributed by atoms with Crippen molar-refractivity contribution in [2.45, 2.75) is 19.3 Å². The molecule has 7 heteroatoms. The normalized spacial score (nSPS) is 16.7. The van der Waals surface area contributed by atoms with Crippen molar-refractivity contribution in [3.63, 3.8) is 0 Å². The number of carbonyl (C=O) groups is 1. The molecule has 1 fully saturated rings. The second-order valence-electron chi connectivity index (χ2n) is 5.25. The van der Waals surface area contributed by atoms with Gasteiger partial charge in [0.1, 0.15) is 5.82 Å². The number of hydrogen-bond donors (Lipinski definition) is 2. The van der Waals surface area contributed by atoms with Gasteiger partial charge < -0.3 is 20.8 Å². The van der Waals surface area contributed by atoms with E-state index in [9.17, 15) is 4.79 Å². The van der Waals surface area contributed by atoms with Crippen LogP contribution >= 0.6 is 0 Å². The number of nitrogens with zero attached hydrogens (tertiary/aromatic N) is 4. The average molecular weight is 274 g/mol. The number of piperidine rings is 1. The van der Waals surface area contributed by atoms with E-state index in [1.54, 1.807) is 12.4 Å². The molecule has 7 nitrogen and oxygen atoms in total. The molecule has 2 aromatic heterocycles. The lowest BCUT2D eigenvalue weighted by atomic mass is 9.93. The number of amides is 1. The number of anilines is 2. The second-order valence-corrected chi connectivity index (χ2v) is 5.25. The van der Waals surface area contributed by atoms with E-state index >= 15 is 0 Å². The largest absolute Gasteiger partial charge is 0.382 e. The molecule has 1 aliphatic rings. The quantitative estimate of drug-likeness (QED) is 0.843. The molecule has 4 N–H and O–H groups in total. The van der Waals surface area contributed by atoms with E-state index in [4.69, 9.17) is 11.5 Å². The van der Waals surface area contributed by atoms with Crippen molar-refractivity contribution in [3.8, 4) is 0 Å². The molecule has 3 heterocycles. The van der Waals surface area contributed by atoms with E-state index in [-0.39, 0.29) is 5.91 Å². The molecule has 1 amide bonds. The molecule has 0 atom stereocenters. The third kappa shape index (κ3) is 2.38. The molecule has 0 bridgehead atoms. The van der Waals surface area contributed by atoms with Crippen LogP contribution in [0.5, 0.6) is 0 Å². The minimum absolute atomic E-state index is 0.221. The number of rotatable bonds is 3. The predicted octanol–water partition coefficient (Wildman–Crippen LogP) is 0.403. The smallest absolute Gasteiger partial charge is 0.217 e. The summed E-state index contributed by atoms with van der Waals surface area (Å²) in [4.78, 5) is 21.9. The summed E-state index contributed by atoms with van der Waals surface area (Å²) >= 11 is 0. The molecule has 1 aliphatic heterocycles. The highest BCUT2D eigenvalue weighted by Gasteiger charge is 2.23. The molecule has 0 aliphatic carbocycles. The molecule has 2 aromatic rings. The second kappa shape index (κ2) is 4.99. The molecule has 3 rings (SSSR count). The maximum Gasteiger partial charge on any atom is 0.217 e. The van der Waals surface area contributed by atoms with Crippen molar-refractivity contribution >= 4 is 23.2 Å². The number of nitrogen functional groups attached to an aromatic ring is 1. The summed E-state index contributed by atoms with van der Waals surface area (Å²) in [5.41, 5.74) is 11.9. The molecule has 106 valence electrons. The van der Waals surface area contributed by atoms with Crippen LogP contribution in [0.15, 0.2) is 18.6 Å². The van der Waals surface area contributed by atoms with E-state index in [1.807, 2.05) is 10.6 Å². The summed E-state index contributed by atoms with van der Waals surface area (Å²) in [5, 5.41) is 0. The van der Waals surface area contributed by atoms with Gasteiger partial charge in [-0.05, 0) is 18.8 Å². The Morgan fingerprint density at radius 3 is 2.85 bits per heavy atom. The van der Waals surface area contributed by atoms with Crippen LogP contribution < -0.4 is 16.4 Å². The molecular formula is C13H18N6O. The first-order valence-corrected chi connectivity index (χ1v) is 6.76. The zero-order valence-electron chi connectivity index (χ0n) is 11.2. The number of primary amides is 1. The first kappa shape index (κ1) is 12.7. The van der Waals surface area contributed by atoms with Crippen molar-refractivity contribution in [1.29, 1.82) is 0 Å². The van der Waals surface area contributed by atoms with Gasteiger partial charge >= 0.3 is 0 Å². The van der Waals surface area contributed by atoms with Gasteiger partial charge in [-0.3, -0.25) is 4.79 Å². The lowest BCUT2D eigenvalue weighted by Crippen LogP contribution is -2.36. The number of hydrogen-bond acceptors (Lipinski definition) is 5. The predicted molar refractivity (Wildman–Crippen MR) is 76.1 cm³/mol. The summed E-state index contributed by atoms with van der Waals surface area (Å²) in [5.74, 6) is 1.44. The van der Waals surface area contributed by atoms with Gasteiger partial charge in [0.05, 0.1) is 6.20 Å². The third-order valence-electron chi connectivity index (χ3n) is 3.78. The van der Waals surface area contributed by atoms with Crippen LogP contribution in [0.25, 0.3) is 5.65 Å². The zero-order valence-corrected chi connectivity index (χ0v) is 11.2. The first-order valence-electron chi connectivity index (χ1n) is 6.76. The van der Waals surface area contributed by atoms with Crippen LogP contribution in [0.2, 0.25) is 0 Å². The van der Waals surface area contributed by atoms with Gasteiger partial charge in [0, 0.05) is 31.9 Å². The van der Waals surface area contributed by atoms with Crippen molar-refractivity contribution < 1.29 is 4.79 Å². The topological polar surface area (TPSA) is 103 Å². The molecule has 0 saturated carbocycles. The van der Waals surface area contributed by atoms with Crippen LogP contribution in [0.4, 0.5) is 11.6 Å². The highest BCUT2D eigenvalue weighted by molar-refractivity contribution is 5.74. The number of carbonyl (C=O) groups excluding carboxylic acids is 1. The Morgan fingerprint density at radius 1 is 1.40 bits per heavy atom. The van der Waals surface area contributed by atoms with E-state index in [0.717, 1.165) is 37.4 Å². The van der Waals surface area contributed by atoms with Crippen molar-refractivity contribution in [1.82, 2.24) is 14.4 Å². The summed E-state index contributed by atoms with van der Waals surface area (Å²) in [6, 6.07) is 0. The van der Waals surface area contributed by atoms with Gasteiger partial charge in [0.15, 0.2) is 11.5 Å². The highest BCUT2D eigenvalue weighted by Crippen LogP contribution is 2.26. The van der Waals surface area contributed by atoms with Gasteiger partial charge in [-0.25, -0.2) is 9.97 Å². The van der Waals surface area contributed by atoms with Crippen LogP contribution in [0.1, 0.15) is 19.3 Å². The third-order valence-corrected chi connectivity index (χ3v) is 3.78. The lowest BCUT2D eigenvalue weighted by molar-refractivity contribution is -0.119. The van der Waals surface area contributed by atoms with Crippen molar-refractivity contribution in [3.05, 3.63) is 18.6 Å². The molecular weight excluding hydrogens is 256 g/mol. The fraction of sp³-hybridized carbons (Fsp3) is 0.462.